The first-order chi connectivity index (χ1) is 8.75. The van der Waals surface area contributed by atoms with Crippen LogP contribution in [-0.2, 0) is 9.31 Å². The molecule has 4 aliphatic rings. The molecule has 3 nitrogen and oxygen atoms in total. The van der Waals surface area contributed by atoms with Gasteiger partial charge < -0.3 is 15.0 Å². The van der Waals surface area contributed by atoms with Crippen LogP contribution in [0.5, 0.6) is 0 Å². The van der Waals surface area contributed by atoms with Gasteiger partial charge >= 0.3 is 7.12 Å². The van der Waals surface area contributed by atoms with Crippen LogP contribution in [-0.4, -0.2) is 24.8 Å². The third-order valence-corrected chi connectivity index (χ3v) is 6.06. The molecule has 1 heterocycles. The van der Waals surface area contributed by atoms with Crippen molar-refractivity contribution in [3.05, 3.63) is 0 Å². The SMILES string of the molecule is CC(C)C[C@H](N)B1O[C@@H]2C[C@@H]3C[C@@H](C3(C)C)C2(C)O1. The maximum atomic E-state index is 6.35. The molecule has 4 fully saturated rings. The highest BCUT2D eigenvalue weighted by Gasteiger charge is 2.68. The zero-order valence-electron chi connectivity index (χ0n) is 13.0. The van der Waals surface area contributed by atoms with Crippen LogP contribution in [0.15, 0.2) is 0 Å². The van der Waals surface area contributed by atoms with E-state index in [1.54, 1.807) is 0 Å². The third-order valence-electron chi connectivity index (χ3n) is 6.06. The van der Waals surface area contributed by atoms with Gasteiger partial charge in [0.05, 0.1) is 11.7 Å². The summed E-state index contributed by atoms with van der Waals surface area (Å²) >= 11 is 0. The molecule has 5 atom stereocenters. The van der Waals surface area contributed by atoms with Gasteiger partial charge in [-0.1, -0.05) is 27.7 Å². The van der Waals surface area contributed by atoms with Crippen molar-refractivity contribution in [3.63, 3.8) is 0 Å². The Bertz CT molecular complexity index is 373. The van der Waals surface area contributed by atoms with Gasteiger partial charge in [-0.15, -0.1) is 0 Å². The fourth-order valence-corrected chi connectivity index (χ4v) is 4.74. The number of rotatable bonds is 3. The van der Waals surface area contributed by atoms with E-state index in [1.165, 1.54) is 6.42 Å². The fourth-order valence-electron chi connectivity index (χ4n) is 4.74. The smallest absolute Gasteiger partial charge is 0.404 e. The normalized spacial score (nSPS) is 45.0. The van der Waals surface area contributed by atoms with Crippen molar-refractivity contribution >= 4 is 7.12 Å². The molecule has 0 amide bonds. The predicted octanol–water partition coefficient (Wildman–Crippen LogP) is 2.63. The highest BCUT2D eigenvalue weighted by molar-refractivity contribution is 6.47. The van der Waals surface area contributed by atoms with Gasteiger partial charge in [-0.25, -0.2) is 0 Å². The Balaban J connectivity index is 1.74. The van der Waals surface area contributed by atoms with Gasteiger partial charge in [0, 0.05) is 5.94 Å². The first-order valence-corrected chi connectivity index (χ1v) is 7.84. The van der Waals surface area contributed by atoms with Crippen LogP contribution >= 0.6 is 0 Å². The van der Waals surface area contributed by atoms with Crippen molar-refractivity contribution in [3.8, 4) is 0 Å². The third kappa shape index (κ3) is 1.90. The minimum absolute atomic E-state index is 0.00253. The lowest BCUT2D eigenvalue weighted by molar-refractivity contribution is -0.199. The highest BCUT2D eigenvalue weighted by Crippen LogP contribution is 2.65. The average molecular weight is 265 g/mol. The lowest BCUT2D eigenvalue weighted by atomic mass is 9.43. The maximum Gasteiger partial charge on any atom is 0.475 e. The van der Waals surface area contributed by atoms with E-state index < -0.39 is 0 Å². The van der Waals surface area contributed by atoms with Crippen molar-refractivity contribution in [1.29, 1.82) is 0 Å². The Hall–Kier alpha value is -0.0551. The first kappa shape index (κ1) is 13.9. The minimum atomic E-state index is -0.201. The second-order valence-electron chi connectivity index (χ2n) is 8.13. The van der Waals surface area contributed by atoms with E-state index in [0.29, 0.717) is 17.3 Å². The Labute approximate surface area is 117 Å². The minimum Gasteiger partial charge on any atom is -0.404 e. The summed E-state index contributed by atoms with van der Waals surface area (Å²) < 4.78 is 12.5. The molecular weight excluding hydrogens is 237 g/mol. The van der Waals surface area contributed by atoms with E-state index >= 15 is 0 Å². The van der Waals surface area contributed by atoms with Gasteiger partial charge in [0.15, 0.2) is 0 Å². The summed E-state index contributed by atoms with van der Waals surface area (Å²) in [6.45, 7) is 11.4. The van der Waals surface area contributed by atoms with Crippen LogP contribution < -0.4 is 5.73 Å². The molecule has 1 unspecified atom stereocenters. The zero-order chi connectivity index (χ0) is 14.0. The van der Waals surface area contributed by atoms with Crippen LogP contribution in [0.25, 0.3) is 0 Å². The largest absolute Gasteiger partial charge is 0.475 e. The van der Waals surface area contributed by atoms with Crippen LogP contribution in [0, 0.1) is 23.2 Å². The number of hydrogen-bond acceptors (Lipinski definition) is 3. The molecule has 2 bridgehead atoms. The van der Waals surface area contributed by atoms with Crippen molar-refractivity contribution in [1.82, 2.24) is 0 Å². The standard InChI is InChI=1S/C15H28BNO2/c1-9(2)6-13(17)16-18-12-8-10-7-11(14(10,3)4)15(12,5)19-16/h9-13H,6-8,17H2,1-5H3/t10-,11-,12+,13-,15?/m0/s1. The summed E-state index contributed by atoms with van der Waals surface area (Å²) in [7, 11) is -0.201. The Kier molecular flexibility index (Phi) is 3.09. The van der Waals surface area contributed by atoms with E-state index in [4.69, 9.17) is 15.0 Å². The second kappa shape index (κ2) is 4.22. The first-order valence-electron chi connectivity index (χ1n) is 7.84. The Morgan fingerprint density at radius 3 is 2.53 bits per heavy atom. The van der Waals surface area contributed by atoms with Gasteiger partial charge in [-0.3, -0.25) is 0 Å². The summed E-state index contributed by atoms with van der Waals surface area (Å²) in [6.07, 6.45) is 3.67. The number of nitrogens with two attached hydrogens (primary N) is 1. The molecular formula is C15H28BNO2. The molecule has 0 aromatic carbocycles. The molecule has 4 heteroatoms. The van der Waals surface area contributed by atoms with Crippen LogP contribution in [0.1, 0.15) is 53.9 Å². The van der Waals surface area contributed by atoms with Crippen molar-refractivity contribution in [2.24, 2.45) is 28.9 Å². The van der Waals surface area contributed by atoms with Gasteiger partial charge in [-0.2, -0.15) is 0 Å². The van der Waals surface area contributed by atoms with Crippen molar-refractivity contribution in [2.75, 3.05) is 0 Å². The maximum absolute atomic E-state index is 6.35. The topological polar surface area (TPSA) is 44.5 Å². The molecule has 3 saturated carbocycles. The summed E-state index contributed by atoms with van der Waals surface area (Å²) in [6, 6.07) is 0. The molecule has 2 N–H and O–H groups in total. The van der Waals surface area contributed by atoms with Crippen LogP contribution in [0.3, 0.4) is 0 Å². The van der Waals surface area contributed by atoms with E-state index in [1.807, 2.05) is 0 Å². The summed E-state index contributed by atoms with van der Waals surface area (Å²) in [5, 5.41) is 0. The molecule has 1 aliphatic heterocycles. The van der Waals surface area contributed by atoms with E-state index in [-0.39, 0.29) is 24.8 Å². The molecule has 0 aromatic heterocycles. The molecule has 0 radical (unpaired) electrons. The molecule has 108 valence electrons. The number of hydrogen-bond donors (Lipinski definition) is 1. The average Bonchev–Trinajstić information content (AvgIpc) is 2.64. The monoisotopic (exact) mass is 265 g/mol. The van der Waals surface area contributed by atoms with E-state index in [9.17, 15) is 0 Å². The lowest BCUT2D eigenvalue weighted by Gasteiger charge is -2.64. The fraction of sp³-hybridized carbons (Fsp3) is 1.00. The van der Waals surface area contributed by atoms with Crippen LogP contribution in [0.2, 0.25) is 0 Å². The summed E-state index contributed by atoms with van der Waals surface area (Å²) in [5.74, 6) is 2.02. The highest BCUT2D eigenvalue weighted by atomic mass is 16.7. The second-order valence-corrected chi connectivity index (χ2v) is 8.13. The predicted molar refractivity (Wildman–Crippen MR) is 77.5 cm³/mol. The van der Waals surface area contributed by atoms with Gasteiger partial charge in [0.1, 0.15) is 0 Å². The lowest BCUT2D eigenvalue weighted by Crippen LogP contribution is -2.65. The molecule has 3 aliphatic carbocycles. The van der Waals surface area contributed by atoms with Crippen molar-refractivity contribution < 1.29 is 9.31 Å². The molecule has 19 heavy (non-hydrogen) atoms. The molecule has 0 aromatic rings. The quantitative estimate of drug-likeness (QED) is 0.798. The summed E-state index contributed by atoms with van der Waals surface area (Å²) in [4.78, 5) is 0. The van der Waals surface area contributed by atoms with E-state index in [0.717, 1.165) is 18.8 Å². The summed E-state index contributed by atoms with van der Waals surface area (Å²) in [5.41, 5.74) is 6.56. The van der Waals surface area contributed by atoms with Gasteiger partial charge in [0.25, 0.3) is 0 Å². The Morgan fingerprint density at radius 2 is 1.95 bits per heavy atom. The zero-order valence-corrected chi connectivity index (χ0v) is 13.0. The molecule has 4 rings (SSSR count). The van der Waals surface area contributed by atoms with Crippen molar-refractivity contribution in [2.45, 2.75) is 71.5 Å². The van der Waals surface area contributed by atoms with Gasteiger partial charge in [0.2, 0.25) is 0 Å². The van der Waals surface area contributed by atoms with E-state index in [2.05, 4.69) is 34.6 Å². The Morgan fingerprint density at radius 1 is 1.26 bits per heavy atom. The molecule has 1 saturated heterocycles. The van der Waals surface area contributed by atoms with Crippen LogP contribution in [0.4, 0.5) is 0 Å². The molecule has 0 spiro atoms. The van der Waals surface area contributed by atoms with Gasteiger partial charge in [-0.05, 0) is 49.4 Å².